The average Bonchev–Trinajstić information content (AvgIpc) is 2.59. The highest BCUT2D eigenvalue weighted by molar-refractivity contribution is 6.30. The molecule has 5 nitrogen and oxygen atoms in total. The van der Waals surface area contributed by atoms with Crippen molar-refractivity contribution < 1.29 is 4.79 Å². The van der Waals surface area contributed by atoms with E-state index in [0.717, 1.165) is 11.0 Å². The predicted octanol–water partition coefficient (Wildman–Crippen LogP) is 3.44. The van der Waals surface area contributed by atoms with Gasteiger partial charge in [-0.15, -0.1) is 0 Å². The van der Waals surface area contributed by atoms with Crippen molar-refractivity contribution in [3.63, 3.8) is 0 Å². The van der Waals surface area contributed by atoms with Gasteiger partial charge in [0, 0.05) is 10.6 Å². The van der Waals surface area contributed by atoms with Gasteiger partial charge in [-0.1, -0.05) is 23.7 Å². The van der Waals surface area contributed by atoms with Crippen molar-refractivity contribution in [3.05, 3.63) is 71.0 Å². The summed E-state index contributed by atoms with van der Waals surface area (Å²) in [5.41, 5.74) is 5.77. The van der Waals surface area contributed by atoms with Crippen molar-refractivity contribution in [2.24, 2.45) is 5.10 Å². The van der Waals surface area contributed by atoms with E-state index in [1.807, 2.05) is 24.3 Å². The van der Waals surface area contributed by atoms with Crippen LogP contribution in [0, 0.1) is 0 Å². The maximum Gasteiger partial charge on any atom is 0.271 e. The summed E-state index contributed by atoms with van der Waals surface area (Å²) < 4.78 is 0. The number of carbonyl (C=O) groups excluding carboxylic acids is 1. The number of amides is 1. The Morgan fingerprint density at radius 1 is 1.09 bits per heavy atom. The Balaban J connectivity index is 1.78. The molecule has 3 aromatic rings. The van der Waals surface area contributed by atoms with Crippen LogP contribution in [0.3, 0.4) is 0 Å². The molecule has 1 aromatic heterocycles. The zero-order valence-corrected chi connectivity index (χ0v) is 13.1. The Kier molecular flexibility index (Phi) is 4.30. The molecule has 0 atom stereocenters. The Labute approximate surface area is 138 Å². The summed E-state index contributed by atoms with van der Waals surface area (Å²) in [5.74, 6) is -0.310. The fourth-order valence-corrected chi connectivity index (χ4v) is 2.12. The lowest BCUT2D eigenvalue weighted by Gasteiger charge is -2.04. The van der Waals surface area contributed by atoms with Crippen LogP contribution in [0.25, 0.3) is 11.0 Å². The minimum absolute atomic E-state index is 0.310. The lowest BCUT2D eigenvalue weighted by atomic mass is 10.2. The van der Waals surface area contributed by atoms with E-state index in [0.29, 0.717) is 22.0 Å². The van der Waals surface area contributed by atoms with Crippen LogP contribution < -0.4 is 5.43 Å². The number of aromatic nitrogens is 2. The van der Waals surface area contributed by atoms with Crippen LogP contribution >= 0.6 is 11.6 Å². The first-order valence-corrected chi connectivity index (χ1v) is 7.33. The number of hydrogen-bond donors (Lipinski definition) is 1. The zero-order chi connectivity index (χ0) is 16.2. The van der Waals surface area contributed by atoms with Crippen molar-refractivity contribution in [3.8, 4) is 0 Å². The lowest BCUT2D eigenvalue weighted by Crippen LogP contribution is -2.19. The number of fused-ring (bicyclic) bond motifs is 1. The molecule has 0 aliphatic carbocycles. The Bertz CT molecular complexity index is 890. The van der Waals surface area contributed by atoms with Gasteiger partial charge in [0.1, 0.15) is 5.69 Å². The van der Waals surface area contributed by atoms with Crippen molar-refractivity contribution >= 4 is 34.3 Å². The molecular weight excluding hydrogens is 312 g/mol. The van der Waals surface area contributed by atoms with Crippen molar-refractivity contribution in [1.29, 1.82) is 0 Å². The highest BCUT2D eigenvalue weighted by Crippen LogP contribution is 2.10. The first-order valence-electron chi connectivity index (χ1n) is 6.96. The van der Waals surface area contributed by atoms with Gasteiger partial charge in [0.05, 0.1) is 22.9 Å². The molecule has 0 radical (unpaired) electrons. The summed E-state index contributed by atoms with van der Waals surface area (Å²) >= 11 is 5.80. The van der Waals surface area contributed by atoms with Crippen LogP contribution in [0.15, 0.2) is 59.8 Å². The summed E-state index contributed by atoms with van der Waals surface area (Å²) in [6, 6.07) is 14.2. The largest absolute Gasteiger partial charge is 0.271 e. The smallest absolute Gasteiger partial charge is 0.267 e. The summed E-state index contributed by atoms with van der Waals surface area (Å²) in [6.45, 7) is 1.76. The molecule has 114 valence electrons. The molecule has 2 aromatic carbocycles. The maximum atomic E-state index is 12.0. The molecule has 3 rings (SSSR count). The number of para-hydroxylation sites is 2. The van der Waals surface area contributed by atoms with Gasteiger partial charge in [-0.05, 0) is 43.3 Å². The molecule has 0 aliphatic heterocycles. The predicted molar refractivity (Wildman–Crippen MR) is 90.7 cm³/mol. The third-order valence-corrected chi connectivity index (χ3v) is 3.50. The number of rotatable bonds is 3. The molecule has 0 fully saturated rings. The van der Waals surface area contributed by atoms with Crippen molar-refractivity contribution in [2.45, 2.75) is 6.92 Å². The second-order valence-electron chi connectivity index (χ2n) is 4.89. The maximum absolute atomic E-state index is 12.0. The van der Waals surface area contributed by atoms with Crippen LogP contribution in [0.1, 0.15) is 23.0 Å². The average molecular weight is 325 g/mol. The van der Waals surface area contributed by atoms with Gasteiger partial charge in [0.15, 0.2) is 0 Å². The minimum atomic E-state index is -0.310. The van der Waals surface area contributed by atoms with E-state index in [-0.39, 0.29) is 5.91 Å². The summed E-state index contributed by atoms with van der Waals surface area (Å²) in [5, 5.41) is 4.66. The minimum Gasteiger partial charge on any atom is -0.267 e. The number of nitrogens with one attached hydrogen (secondary N) is 1. The molecule has 0 aliphatic rings. The Hall–Kier alpha value is -2.79. The van der Waals surface area contributed by atoms with E-state index in [2.05, 4.69) is 20.5 Å². The van der Waals surface area contributed by atoms with E-state index < -0.39 is 0 Å². The summed E-state index contributed by atoms with van der Waals surface area (Å²) in [4.78, 5) is 20.8. The monoisotopic (exact) mass is 324 g/mol. The summed E-state index contributed by atoms with van der Waals surface area (Å²) in [6.07, 6.45) is 1.63. The first-order chi connectivity index (χ1) is 11.1. The van der Waals surface area contributed by atoms with Gasteiger partial charge in [-0.3, -0.25) is 9.78 Å². The molecular formula is C17H13ClN4O. The molecule has 6 heteroatoms. The number of hydrazone groups is 1. The van der Waals surface area contributed by atoms with Gasteiger partial charge >= 0.3 is 0 Å². The van der Waals surface area contributed by atoms with Gasteiger partial charge in [-0.25, -0.2) is 10.4 Å². The quantitative estimate of drug-likeness (QED) is 0.593. The van der Waals surface area contributed by atoms with E-state index in [9.17, 15) is 4.79 Å². The normalized spacial score (nSPS) is 11.5. The molecule has 0 saturated carbocycles. The number of nitrogens with zero attached hydrogens (tertiary/aromatic N) is 3. The summed E-state index contributed by atoms with van der Waals surface area (Å²) in [7, 11) is 0. The number of carbonyl (C=O) groups is 1. The molecule has 1 N–H and O–H groups in total. The zero-order valence-electron chi connectivity index (χ0n) is 12.3. The third-order valence-electron chi connectivity index (χ3n) is 3.25. The topological polar surface area (TPSA) is 67.2 Å². The van der Waals surface area contributed by atoms with Crippen LogP contribution in [0.4, 0.5) is 0 Å². The van der Waals surface area contributed by atoms with Crippen LogP contribution in [-0.4, -0.2) is 21.6 Å². The number of halogens is 1. The van der Waals surface area contributed by atoms with Crippen molar-refractivity contribution in [2.75, 3.05) is 0 Å². The third kappa shape index (κ3) is 3.52. The number of hydrogen-bond acceptors (Lipinski definition) is 4. The molecule has 1 heterocycles. The van der Waals surface area contributed by atoms with E-state index in [1.54, 1.807) is 37.4 Å². The fraction of sp³-hybridized carbons (Fsp3) is 0.0588. The first kappa shape index (κ1) is 15.1. The molecule has 0 unspecified atom stereocenters. The van der Waals surface area contributed by atoms with E-state index in [4.69, 9.17) is 11.6 Å². The van der Waals surface area contributed by atoms with E-state index in [1.165, 1.54) is 0 Å². The number of benzene rings is 2. The molecule has 0 spiro atoms. The molecule has 0 saturated heterocycles. The van der Waals surface area contributed by atoms with Gasteiger partial charge in [0.2, 0.25) is 0 Å². The Morgan fingerprint density at radius 2 is 1.78 bits per heavy atom. The van der Waals surface area contributed by atoms with Gasteiger partial charge in [0.25, 0.3) is 5.91 Å². The van der Waals surface area contributed by atoms with Crippen LogP contribution in [0.2, 0.25) is 5.02 Å². The van der Waals surface area contributed by atoms with Gasteiger partial charge in [-0.2, -0.15) is 5.10 Å². The second kappa shape index (κ2) is 6.54. The second-order valence-corrected chi connectivity index (χ2v) is 5.33. The highest BCUT2D eigenvalue weighted by atomic mass is 35.5. The SMILES string of the molecule is CC(=NNC(=O)c1ccc(Cl)cc1)c1cnc2ccccc2n1. The van der Waals surface area contributed by atoms with Crippen molar-refractivity contribution in [1.82, 2.24) is 15.4 Å². The highest BCUT2D eigenvalue weighted by Gasteiger charge is 2.06. The lowest BCUT2D eigenvalue weighted by molar-refractivity contribution is 0.0955. The molecule has 23 heavy (non-hydrogen) atoms. The Morgan fingerprint density at radius 3 is 2.52 bits per heavy atom. The van der Waals surface area contributed by atoms with Crippen LogP contribution in [0.5, 0.6) is 0 Å². The molecule has 0 bridgehead atoms. The van der Waals surface area contributed by atoms with E-state index >= 15 is 0 Å². The standard InChI is InChI=1S/C17H13ClN4O/c1-11(16-10-19-14-4-2-3-5-15(14)20-16)21-22-17(23)12-6-8-13(18)9-7-12/h2-10H,1H3,(H,22,23). The fourth-order valence-electron chi connectivity index (χ4n) is 1.99. The van der Waals surface area contributed by atoms with Crippen LogP contribution in [-0.2, 0) is 0 Å². The molecule has 1 amide bonds. The van der Waals surface area contributed by atoms with Gasteiger partial charge < -0.3 is 0 Å².